The highest BCUT2D eigenvalue weighted by molar-refractivity contribution is 5.77. The van der Waals surface area contributed by atoms with Gasteiger partial charge < -0.3 is 15.8 Å². The van der Waals surface area contributed by atoms with Crippen LogP contribution in [-0.4, -0.2) is 32.8 Å². The number of nitrogens with zero attached hydrogens (tertiary/aromatic N) is 1. The van der Waals surface area contributed by atoms with Gasteiger partial charge in [0.15, 0.2) is 5.96 Å². The minimum Gasteiger partial charge on any atom is -0.385 e. The van der Waals surface area contributed by atoms with Crippen molar-refractivity contribution >= 4 is 5.96 Å². The van der Waals surface area contributed by atoms with Crippen molar-refractivity contribution in [3.8, 4) is 0 Å². The van der Waals surface area contributed by atoms with Crippen molar-refractivity contribution in [1.29, 1.82) is 0 Å². The summed E-state index contributed by atoms with van der Waals surface area (Å²) in [6.45, 7) is 4.53. The van der Waals surface area contributed by atoms with Crippen molar-refractivity contribution in [2.45, 2.75) is 39.0 Å². The third kappa shape index (κ3) is 4.00. The Labute approximate surface area is 98.6 Å². The van der Waals surface area contributed by atoms with Gasteiger partial charge in [0, 0.05) is 26.8 Å². The van der Waals surface area contributed by atoms with E-state index in [4.69, 9.17) is 10.5 Å². The summed E-state index contributed by atoms with van der Waals surface area (Å²) in [5.74, 6) is 0.575. The van der Waals surface area contributed by atoms with Crippen LogP contribution < -0.4 is 11.1 Å². The zero-order valence-corrected chi connectivity index (χ0v) is 10.6. The van der Waals surface area contributed by atoms with E-state index < -0.39 is 0 Å². The minimum atomic E-state index is 0.343. The van der Waals surface area contributed by atoms with Gasteiger partial charge in [-0.2, -0.15) is 0 Å². The molecule has 0 radical (unpaired) electrons. The summed E-state index contributed by atoms with van der Waals surface area (Å²) in [6.07, 6.45) is 6.27. The molecule has 0 atom stereocenters. The molecule has 0 bridgehead atoms. The standard InChI is InChI=1S/C12H25N3O/c1-3-14-11(13)15-10-12(8-9-16-2)6-4-5-7-12/h3-10H2,1-2H3,(H3,13,14,15). The number of aliphatic imine (C=N–C) groups is 1. The van der Waals surface area contributed by atoms with Crippen LogP contribution in [0.4, 0.5) is 0 Å². The highest BCUT2D eigenvalue weighted by atomic mass is 16.5. The SMILES string of the molecule is CCNC(N)=NCC1(CCOC)CCCC1. The minimum absolute atomic E-state index is 0.343. The van der Waals surface area contributed by atoms with Gasteiger partial charge in [-0.3, -0.25) is 4.99 Å². The van der Waals surface area contributed by atoms with E-state index in [2.05, 4.69) is 10.3 Å². The Balaban J connectivity index is 2.47. The molecule has 0 aromatic rings. The molecule has 4 nitrogen and oxygen atoms in total. The van der Waals surface area contributed by atoms with E-state index in [0.29, 0.717) is 11.4 Å². The fourth-order valence-electron chi connectivity index (χ4n) is 2.42. The second-order valence-electron chi connectivity index (χ2n) is 4.68. The van der Waals surface area contributed by atoms with Gasteiger partial charge in [-0.15, -0.1) is 0 Å². The molecule has 4 heteroatoms. The summed E-state index contributed by atoms with van der Waals surface area (Å²) >= 11 is 0. The second kappa shape index (κ2) is 6.74. The maximum atomic E-state index is 5.76. The molecule has 94 valence electrons. The van der Waals surface area contributed by atoms with Crippen LogP contribution in [-0.2, 0) is 4.74 Å². The molecule has 1 aliphatic rings. The molecule has 1 fully saturated rings. The van der Waals surface area contributed by atoms with Crippen LogP contribution in [0.3, 0.4) is 0 Å². The molecule has 1 aliphatic carbocycles. The number of guanidine groups is 1. The fourth-order valence-corrected chi connectivity index (χ4v) is 2.42. The molecule has 0 spiro atoms. The summed E-state index contributed by atoms with van der Waals surface area (Å²) in [7, 11) is 1.76. The quantitative estimate of drug-likeness (QED) is 0.534. The topological polar surface area (TPSA) is 59.6 Å². The number of hydrogen-bond donors (Lipinski definition) is 2. The lowest BCUT2D eigenvalue weighted by molar-refractivity contribution is 0.141. The van der Waals surface area contributed by atoms with Gasteiger partial charge >= 0.3 is 0 Å². The molecule has 0 aromatic carbocycles. The molecule has 0 aliphatic heterocycles. The normalized spacial score (nSPS) is 20.0. The summed E-state index contributed by atoms with van der Waals surface area (Å²) in [4.78, 5) is 4.45. The van der Waals surface area contributed by atoms with Crippen molar-refractivity contribution in [3.63, 3.8) is 0 Å². The van der Waals surface area contributed by atoms with E-state index in [1.54, 1.807) is 7.11 Å². The number of rotatable bonds is 6. The number of ether oxygens (including phenoxy) is 1. The van der Waals surface area contributed by atoms with Gasteiger partial charge in [-0.1, -0.05) is 12.8 Å². The fraction of sp³-hybridized carbons (Fsp3) is 0.917. The molecule has 3 N–H and O–H groups in total. The molecule has 0 saturated heterocycles. The number of nitrogens with two attached hydrogens (primary N) is 1. The zero-order chi connectivity index (χ0) is 11.9. The summed E-state index contributed by atoms with van der Waals surface area (Å²) in [5, 5.41) is 3.04. The van der Waals surface area contributed by atoms with Gasteiger partial charge in [-0.05, 0) is 31.6 Å². The lowest BCUT2D eigenvalue weighted by Gasteiger charge is -2.26. The molecule has 0 amide bonds. The number of hydrogen-bond acceptors (Lipinski definition) is 2. The van der Waals surface area contributed by atoms with Gasteiger partial charge in [-0.25, -0.2) is 0 Å². The third-order valence-corrected chi connectivity index (χ3v) is 3.44. The Morgan fingerprint density at radius 3 is 2.69 bits per heavy atom. The van der Waals surface area contributed by atoms with Crippen LogP contribution in [0.15, 0.2) is 4.99 Å². The predicted octanol–water partition coefficient (Wildman–Crippen LogP) is 1.51. The van der Waals surface area contributed by atoms with Crippen molar-refractivity contribution < 1.29 is 4.74 Å². The monoisotopic (exact) mass is 227 g/mol. The molecule has 0 unspecified atom stereocenters. The van der Waals surface area contributed by atoms with Crippen LogP contribution in [0.2, 0.25) is 0 Å². The number of methoxy groups -OCH3 is 1. The molecule has 0 heterocycles. The summed E-state index contributed by atoms with van der Waals surface area (Å²) in [6, 6.07) is 0. The molecule has 1 rings (SSSR count). The molecule has 0 aromatic heterocycles. The summed E-state index contributed by atoms with van der Waals surface area (Å²) < 4.78 is 5.19. The molecular weight excluding hydrogens is 202 g/mol. The Morgan fingerprint density at radius 1 is 1.44 bits per heavy atom. The van der Waals surface area contributed by atoms with E-state index >= 15 is 0 Å². The van der Waals surface area contributed by atoms with E-state index in [-0.39, 0.29) is 0 Å². The van der Waals surface area contributed by atoms with Crippen LogP contribution in [0, 0.1) is 5.41 Å². The average Bonchev–Trinajstić information content (AvgIpc) is 2.74. The van der Waals surface area contributed by atoms with E-state index in [1.165, 1.54) is 25.7 Å². The molecule has 1 saturated carbocycles. The third-order valence-electron chi connectivity index (χ3n) is 3.44. The Hall–Kier alpha value is -0.770. The van der Waals surface area contributed by atoms with Crippen molar-refractivity contribution in [2.24, 2.45) is 16.1 Å². The second-order valence-corrected chi connectivity index (χ2v) is 4.68. The van der Waals surface area contributed by atoms with Crippen LogP contribution in [0.5, 0.6) is 0 Å². The van der Waals surface area contributed by atoms with Gasteiger partial charge in [0.2, 0.25) is 0 Å². The largest absolute Gasteiger partial charge is 0.385 e. The lowest BCUT2D eigenvalue weighted by Crippen LogP contribution is -2.33. The average molecular weight is 227 g/mol. The zero-order valence-electron chi connectivity index (χ0n) is 10.6. The maximum absolute atomic E-state index is 5.76. The summed E-state index contributed by atoms with van der Waals surface area (Å²) in [5.41, 5.74) is 6.10. The Bertz CT molecular complexity index is 222. The Kier molecular flexibility index (Phi) is 5.60. The van der Waals surface area contributed by atoms with Gasteiger partial charge in [0.05, 0.1) is 0 Å². The first-order valence-electron chi connectivity index (χ1n) is 6.25. The van der Waals surface area contributed by atoms with Crippen LogP contribution in [0.25, 0.3) is 0 Å². The molecule has 16 heavy (non-hydrogen) atoms. The number of nitrogens with one attached hydrogen (secondary N) is 1. The first-order valence-corrected chi connectivity index (χ1v) is 6.25. The van der Waals surface area contributed by atoms with Crippen LogP contribution >= 0.6 is 0 Å². The highest BCUT2D eigenvalue weighted by Crippen LogP contribution is 2.41. The van der Waals surface area contributed by atoms with Crippen molar-refractivity contribution in [3.05, 3.63) is 0 Å². The van der Waals surface area contributed by atoms with E-state index in [0.717, 1.165) is 26.1 Å². The first kappa shape index (κ1) is 13.3. The Morgan fingerprint density at radius 2 is 2.12 bits per heavy atom. The van der Waals surface area contributed by atoms with Crippen LogP contribution in [0.1, 0.15) is 39.0 Å². The lowest BCUT2D eigenvalue weighted by atomic mass is 9.83. The first-order chi connectivity index (χ1) is 7.72. The van der Waals surface area contributed by atoms with Crippen molar-refractivity contribution in [1.82, 2.24) is 5.32 Å². The van der Waals surface area contributed by atoms with Crippen molar-refractivity contribution in [2.75, 3.05) is 26.8 Å². The maximum Gasteiger partial charge on any atom is 0.188 e. The van der Waals surface area contributed by atoms with Gasteiger partial charge in [0.1, 0.15) is 0 Å². The van der Waals surface area contributed by atoms with Gasteiger partial charge in [0.25, 0.3) is 0 Å². The molecular formula is C12H25N3O. The predicted molar refractivity (Wildman–Crippen MR) is 67.6 cm³/mol. The van der Waals surface area contributed by atoms with E-state index in [1.807, 2.05) is 6.92 Å². The van der Waals surface area contributed by atoms with E-state index in [9.17, 15) is 0 Å². The highest BCUT2D eigenvalue weighted by Gasteiger charge is 2.33. The smallest absolute Gasteiger partial charge is 0.188 e.